The van der Waals surface area contributed by atoms with Crippen molar-refractivity contribution in [3.63, 3.8) is 0 Å². The van der Waals surface area contributed by atoms with Crippen LogP contribution in [0, 0.1) is 0 Å². The molecule has 0 aliphatic heterocycles. The molecule has 2 aromatic carbocycles. The highest BCUT2D eigenvalue weighted by Crippen LogP contribution is 2.19. The number of ether oxygens (including phenoxy) is 1. The highest BCUT2D eigenvalue weighted by molar-refractivity contribution is 5.81. The van der Waals surface area contributed by atoms with Gasteiger partial charge >= 0.3 is 5.97 Å². The summed E-state index contributed by atoms with van der Waals surface area (Å²) in [6.07, 6.45) is 1.66. The number of carbonyl (C=O) groups excluding carboxylic acids is 2. The molecule has 5 nitrogen and oxygen atoms in total. The lowest BCUT2D eigenvalue weighted by atomic mass is 10.0. The molecule has 0 fully saturated rings. The van der Waals surface area contributed by atoms with E-state index in [0.717, 1.165) is 16.7 Å². The van der Waals surface area contributed by atoms with Crippen molar-refractivity contribution in [1.82, 2.24) is 5.32 Å². The molecule has 0 aliphatic carbocycles. The summed E-state index contributed by atoms with van der Waals surface area (Å²) in [7, 11) is 0. The van der Waals surface area contributed by atoms with Crippen LogP contribution >= 0.6 is 0 Å². The molecule has 0 radical (unpaired) electrons. The third kappa shape index (κ3) is 5.31. The number of hydrogen-bond acceptors (Lipinski definition) is 4. The Labute approximate surface area is 158 Å². The van der Waals surface area contributed by atoms with Crippen LogP contribution in [0.1, 0.15) is 24.3 Å². The first-order valence-electron chi connectivity index (χ1n) is 8.74. The van der Waals surface area contributed by atoms with Crippen LogP contribution in [-0.4, -0.2) is 18.5 Å². The van der Waals surface area contributed by atoms with E-state index in [0.29, 0.717) is 5.76 Å². The van der Waals surface area contributed by atoms with Crippen LogP contribution in [0.3, 0.4) is 0 Å². The van der Waals surface area contributed by atoms with Crippen molar-refractivity contribution in [3.8, 4) is 11.1 Å². The van der Waals surface area contributed by atoms with Crippen molar-refractivity contribution < 1.29 is 18.7 Å². The minimum Gasteiger partial charge on any atom is -0.467 e. The van der Waals surface area contributed by atoms with Gasteiger partial charge in [-0.25, -0.2) is 0 Å². The van der Waals surface area contributed by atoms with E-state index in [-0.39, 0.29) is 25.0 Å². The van der Waals surface area contributed by atoms with E-state index in [9.17, 15) is 9.59 Å². The van der Waals surface area contributed by atoms with Crippen LogP contribution in [-0.2, 0) is 20.7 Å². The molecule has 27 heavy (non-hydrogen) atoms. The molecular formula is C22H21NO4. The number of furan rings is 1. The average molecular weight is 363 g/mol. The minimum absolute atomic E-state index is 0.121. The van der Waals surface area contributed by atoms with Crippen LogP contribution in [0.15, 0.2) is 77.4 Å². The molecule has 1 amide bonds. The number of amides is 1. The minimum atomic E-state index is -0.441. The van der Waals surface area contributed by atoms with Crippen LogP contribution in [0.25, 0.3) is 11.1 Å². The Balaban J connectivity index is 1.45. The molecule has 3 aromatic rings. The highest BCUT2D eigenvalue weighted by Gasteiger charge is 2.14. The summed E-state index contributed by atoms with van der Waals surface area (Å²) in [6.45, 7) is 1.48. The standard InChI is InChI=1S/C22H21NO4/c1-16(20-8-5-13-26-20)23-21(24)15-27-22(25)14-17-9-11-19(12-10-17)18-6-3-2-4-7-18/h2-13,16H,14-15H2,1H3,(H,23,24)/t16-/m1/s1. The first kappa shape index (κ1) is 18.5. The number of hydrogen-bond donors (Lipinski definition) is 1. The molecular weight excluding hydrogens is 342 g/mol. The van der Waals surface area contributed by atoms with Gasteiger partial charge in [0.2, 0.25) is 0 Å². The largest absolute Gasteiger partial charge is 0.467 e. The van der Waals surface area contributed by atoms with Gasteiger partial charge in [0.15, 0.2) is 6.61 Å². The zero-order valence-electron chi connectivity index (χ0n) is 15.1. The zero-order chi connectivity index (χ0) is 19.1. The topological polar surface area (TPSA) is 68.5 Å². The van der Waals surface area contributed by atoms with E-state index >= 15 is 0 Å². The van der Waals surface area contributed by atoms with E-state index in [1.807, 2.05) is 54.6 Å². The molecule has 138 valence electrons. The fraction of sp³-hybridized carbons (Fsp3) is 0.182. The van der Waals surface area contributed by atoms with Gasteiger partial charge in [0, 0.05) is 0 Å². The SMILES string of the molecule is C[C@@H](NC(=O)COC(=O)Cc1ccc(-c2ccccc2)cc1)c1ccco1. The number of benzene rings is 2. The molecule has 0 spiro atoms. The van der Waals surface area contributed by atoms with Crippen LogP contribution in [0.5, 0.6) is 0 Å². The van der Waals surface area contributed by atoms with Crippen molar-refractivity contribution in [2.45, 2.75) is 19.4 Å². The maximum Gasteiger partial charge on any atom is 0.310 e. The third-order valence-electron chi connectivity index (χ3n) is 4.12. The molecule has 0 saturated carbocycles. The van der Waals surface area contributed by atoms with Gasteiger partial charge in [0.1, 0.15) is 5.76 Å². The molecule has 0 saturated heterocycles. The smallest absolute Gasteiger partial charge is 0.310 e. The summed E-state index contributed by atoms with van der Waals surface area (Å²) < 4.78 is 10.3. The Kier molecular flexibility index (Phi) is 6.05. The molecule has 3 rings (SSSR count). The van der Waals surface area contributed by atoms with Gasteiger partial charge in [0.05, 0.1) is 18.7 Å². The molecule has 1 aromatic heterocycles. The highest BCUT2D eigenvalue weighted by atomic mass is 16.5. The first-order valence-corrected chi connectivity index (χ1v) is 8.74. The normalized spacial score (nSPS) is 11.6. The van der Waals surface area contributed by atoms with Gasteiger partial charge in [-0.3, -0.25) is 9.59 Å². The van der Waals surface area contributed by atoms with Crippen molar-refractivity contribution in [3.05, 3.63) is 84.3 Å². The molecule has 0 unspecified atom stereocenters. The second-order valence-corrected chi connectivity index (χ2v) is 6.21. The second-order valence-electron chi connectivity index (χ2n) is 6.21. The van der Waals surface area contributed by atoms with Crippen molar-refractivity contribution in [1.29, 1.82) is 0 Å². The fourth-order valence-corrected chi connectivity index (χ4v) is 2.70. The van der Waals surface area contributed by atoms with Crippen molar-refractivity contribution in [2.75, 3.05) is 6.61 Å². The summed E-state index contributed by atoms with van der Waals surface area (Å²) in [5.74, 6) is -0.164. The van der Waals surface area contributed by atoms with E-state index in [1.54, 1.807) is 25.3 Å². The maximum atomic E-state index is 12.0. The van der Waals surface area contributed by atoms with Gasteiger partial charge in [-0.05, 0) is 35.7 Å². The van der Waals surface area contributed by atoms with Crippen LogP contribution in [0.4, 0.5) is 0 Å². The summed E-state index contributed by atoms with van der Waals surface area (Å²) in [5, 5.41) is 2.72. The number of esters is 1. The van der Waals surface area contributed by atoms with Crippen molar-refractivity contribution in [2.24, 2.45) is 0 Å². The summed E-state index contributed by atoms with van der Waals surface area (Å²) >= 11 is 0. The van der Waals surface area contributed by atoms with E-state index < -0.39 is 5.97 Å². The number of carbonyl (C=O) groups is 2. The molecule has 1 atom stereocenters. The quantitative estimate of drug-likeness (QED) is 0.646. The van der Waals surface area contributed by atoms with E-state index in [1.165, 1.54) is 0 Å². The predicted molar refractivity (Wildman–Crippen MR) is 102 cm³/mol. The van der Waals surface area contributed by atoms with Crippen LogP contribution in [0.2, 0.25) is 0 Å². The Morgan fingerprint density at radius 3 is 2.33 bits per heavy atom. The summed E-state index contributed by atoms with van der Waals surface area (Å²) in [5.41, 5.74) is 3.04. The van der Waals surface area contributed by atoms with Crippen molar-refractivity contribution >= 4 is 11.9 Å². The number of rotatable bonds is 7. The first-order chi connectivity index (χ1) is 13.1. The van der Waals surface area contributed by atoms with Gasteiger partial charge in [-0.1, -0.05) is 54.6 Å². The number of nitrogens with one attached hydrogen (secondary N) is 1. The van der Waals surface area contributed by atoms with Gasteiger partial charge in [0.25, 0.3) is 5.91 Å². The molecule has 0 bridgehead atoms. The Hall–Kier alpha value is -3.34. The Morgan fingerprint density at radius 1 is 0.963 bits per heavy atom. The van der Waals surface area contributed by atoms with E-state index in [2.05, 4.69) is 5.32 Å². The molecule has 1 N–H and O–H groups in total. The van der Waals surface area contributed by atoms with E-state index in [4.69, 9.17) is 9.15 Å². The van der Waals surface area contributed by atoms with Gasteiger partial charge in [-0.15, -0.1) is 0 Å². The van der Waals surface area contributed by atoms with Crippen LogP contribution < -0.4 is 5.32 Å². The second kappa shape index (κ2) is 8.85. The summed E-state index contributed by atoms with van der Waals surface area (Å²) in [4.78, 5) is 23.8. The Morgan fingerprint density at radius 2 is 1.67 bits per heavy atom. The lowest BCUT2D eigenvalue weighted by molar-refractivity contribution is -0.148. The maximum absolute atomic E-state index is 12.0. The average Bonchev–Trinajstić information content (AvgIpc) is 3.23. The lowest BCUT2D eigenvalue weighted by Gasteiger charge is -2.11. The lowest BCUT2D eigenvalue weighted by Crippen LogP contribution is -2.31. The van der Waals surface area contributed by atoms with Gasteiger partial charge < -0.3 is 14.5 Å². The van der Waals surface area contributed by atoms with Gasteiger partial charge in [-0.2, -0.15) is 0 Å². The fourth-order valence-electron chi connectivity index (χ4n) is 2.70. The molecule has 5 heteroatoms. The molecule has 0 aliphatic rings. The third-order valence-corrected chi connectivity index (χ3v) is 4.12. The monoisotopic (exact) mass is 363 g/mol. The Bertz CT molecular complexity index is 870. The molecule has 1 heterocycles. The summed E-state index contributed by atoms with van der Waals surface area (Å²) in [6, 6.07) is 21.0. The zero-order valence-corrected chi connectivity index (χ0v) is 15.1. The predicted octanol–water partition coefficient (Wildman–Crippen LogP) is 3.91.